The molecular weight excluding hydrogens is 569 g/mol. The highest BCUT2D eigenvalue weighted by Gasteiger charge is 2.21. The third-order valence-corrected chi connectivity index (χ3v) is 11.7. The van der Waals surface area contributed by atoms with Gasteiger partial charge in [0.25, 0.3) is 0 Å². The van der Waals surface area contributed by atoms with Crippen LogP contribution in [0.15, 0.2) is 48.5 Å². The lowest BCUT2D eigenvalue weighted by Crippen LogP contribution is -1.99. The molecular formula is C26H18O6S5. The first-order chi connectivity index (χ1) is 17.7. The minimum absolute atomic E-state index is 0.0822. The number of thiophene rings is 5. The molecule has 37 heavy (non-hydrogen) atoms. The zero-order chi connectivity index (χ0) is 26.3. The van der Waals surface area contributed by atoms with E-state index < -0.39 is 17.9 Å². The molecule has 0 aliphatic rings. The van der Waals surface area contributed by atoms with Gasteiger partial charge in [0.1, 0.15) is 4.88 Å². The van der Waals surface area contributed by atoms with Crippen molar-refractivity contribution in [3.8, 4) is 39.0 Å². The summed E-state index contributed by atoms with van der Waals surface area (Å²) in [6.45, 7) is 2.04. The highest BCUT2D eigenvalue weighted by atomic mass is 32.1. The van der Waals surface area contributed by atoms with Gasteiger partial charge in [-0.15, -0.1) is 56.7 Å². The maximum absolute atomic E-state index is 11.6. The summed E-state index contributed by atoms with van der Waals surface area (Å²) < 4.78 is 0. The lowest BCUT2D eigenvalue weighted by Gasteiger charge is -1.99. The van der Waals surface area contributed by atoms with E-state index in [0.29, 0.717) is 5.56 Å². The molecule has 5 aromatic rings. The molecule has 0 aromatic carbocycles. The standard InChI is InChI=1S/C26H18O6S5/c1-12-2-3-15(33-12)20-8-13(10-22(27)28)24(36-20)17-5-6-18(35-17)25-14(11-23(29)30)9-21(37-25)16-4-7-19(34-16)26(31)32/h2-9H,10-11H2,1H3,(H,27,28)(H,29,30)(H,31,32). The molecule has 5 aromatic heterocycles. The number of hydrogen-bond acceptors (Lipinski definition) is 8. The number of aromatic carboxylic acids is 1. The van der Waals surface area contributed by atoms with Gasteiger partial charge in [-0.25, -0.2) is 4.79 Å². The third-order valence-electron chi connectivity index (χ3n) is 5.40. The summed E-state index contributed by atoms with van der Waals surface area (Å²) in [5, 5.41) is 28.3. The molecule has 0 atom stereocenters. The maximum atomic E-state index is 11.6. The van der Waals surface area contributed by atoms with Crippen LogP contribution < -0.4 is 0 Å². The Morgan fingerprint density at radius 2 is 1.08 bits per heavy atom. The molecule has 6 nitrogen and oxygen atoms in total. The summed E-state index contributed by atoms with van der Waals surface area (Å²) in [4.78, 5) is 43.1. The van der Waals surface area contributed by atoms with Crippen LogP contribution >= 0.6 is 56.7 Å². The summed E-state index contributed by atoms with van der Waals surface area (Å²) in [5.41, 5.74) is 1.42. The van der Waals surface area contributed by atoms with Crippen molar-refractivity contribution >= 4 is 74.6 Å². The normalized spacial score (nSPS) is 11.2. The van der Waals surface area contributed by atoms with Gasteiger partial charge in [-0.3, -0.25) is 9.59 Å². The molecule has 0 saturated carbocycles. The summed E-state index contributed by atoms with van der Waals surface area (Å²) in [6, 6.07) is 15.1. The fourth-order valence-electron chi connectivity index (χ4n) is 3.84. The molecule has 0 fully saturated rings. The second-order valence-corrected chi connectivity index (χ2v) is 13.7. The predicted molar refractivity (Wildman–Crippen MR) is 152 cm³/mol. The van der Waals surface area contributed by atoms with Gasteiger partial charge in [-0.2, -0.15) is 0 Å². The molecule has 3 N–H and O–H groups in total. The molecule has 0 bridgehead atoms. The Labute approximate surface area is 231 Å². The third kappa shape index (κ3) is 5.46. The van der Waals surface area contributed by atoms with Gasteiger partial charge in [-0.1, -0.05) is 0 Å². The van der Waals surface area contributed by atoms with Crippen molar-refractivity contribution in [1.82, 2.24) is 0 Å². The predicted octanol–water partition coefficient (Wildman–Crippen LogP) is 7.92. The van der Waals surface area contributed by atoms with Gasteiger partial charge < -0.3 is 15.3 Å². The van der Waals surface area contributed by atoms with Crippen molar-refractivity contribution < 1.29 is 29.7 Å². The second-order valence-electron chi connectivity index (χ2n) is 8.11. The molecule has 0 aliphatic carbocycles. The van der Waals surface area contributed by atoms with Crippen LogP contribution in [0.25, 0.3) is 39.0 Å². The van der Waals surface area contributed by atoms with E-state index in [4.69, 9.17) is 0 Å². The minimum Gasteiger partial charge on any atom is -0.481 e. The SMILES string of the molecule is Cc1ccc(-c2cc(CC(=O)O)c(-c3ccc(-c4sc(-c5ccc(C(=O)O)s5)cc4CC(=O)O)s3)s2)s1. The molecule has 0 saturated heterocycles. The Balaban J connectivity index is 1.55. The first-order valence-corrected chi connectivity index (χ1v) is 15.0. The zero-order valence-corrected chi connectivity index (χ0v) is 23.2. The fraction of sp³-hybridized carbons (Fsp3) is 0.115. The van der Waals surface area contributed by atoms with E-state index in [1.165, 1.54) is 27.6 Å². The van der Waals surface area contributed by atoms with Crippen LogP contribution in [-0.4, -0.2) is 33.2 Å². The summed E-state index contributed by atoms with van der Waals surface area (Å²) in [6.07, 6.45) is -0.234. The largest absolute Gasteiger partial charge is 0.481 e. The van der Waals surface area contributed by atoms with Crippen molar-refractivity contribution in [3.63, 3.8) is 0 Å². The van der Waals surface area contributed by atoms with E-state index in [1.54, 1.807) is 34.8 Å². The Bertz CT molecular complexity index is 1640. The van der Waals surface area contributed by atoms with Gasteiger partial charge in [0.2, 0.25) is 0 Å². The Morgan fingerprint density at radius 3 is 1.51 bits per heavy atom. The number of hydrogen-bond donors (Lipinski definition) is 3. The van der Waals surface area contributed by atoms with Crippen LogP contribution in [-0.2, 0) is 22.4 Å². The zero-order valence-electron chi connectivity index (χ0n) is 19.1. The molecule has 188 valence electrons. The van der Waals surface area contributed by atoms with Crippen LogP contribution in [0.4, 0.5) is 0 Å². The minimum atomic E-state index is -0.994. The van der Waals surface area contributed by atoms with Crippen molar-refractivity contribution in [3.05, 3.63) is 69.4 Å². The first-order valence-electron chi connectivity index (χ1n) is 10.9. The number of rotatable bonds is 9. The quantitative estimate of drug-likeness (QED) is 0.162. The average molecular weight is 587 g/mol. The van der Waals surface area contributed by atoms with Crippen LogP contribution in [0.2, 0.25) is 0 Å². The Morgan fingerprint density at radius 1 is 0.595 bits per heavy atom. The van der Waals surface area contributed by atoms with Crippen LogP contribution in [0.3, 0.4) is 0 Å². The van der Waals surface area contributed by atoms with E-state index >= 15 is 0 Å². The van der Waals surface area contributed by atoms with Crippen molar-refractivity contribution in [2.45, 2.75) is 19.8 Å². The first kappa shape index (κ1) is 25.6. The van der Waals surface area contributed by atoms with Crippen LogP contribution in [0.5, 0.6) is 0 Å². The topological polar surface area (TPSA) is 112 Å². The van der Waals surface area contributed by atoms with Crippen LogP contribution in [0.1, 0.15) is 25.7 Å². The Kier molecular flexibility index (Phi) is 7.15. The lowest BCUT2D eigenvalue weighted by molar-refractivity contribution is -0.137. The van der Waals surface area contributed by atoms with Gasteiger partial charge in [-0.05, 0) is 66.6 Å². The smallest absolute Gasteiger partial charge is 0.345 e. The fourth-order valence-corrected chi connectivity index (χ4v) is 9.37. The van der Waals surface area contributed by atoms with E-state index in [-0.39, 0.29) is 17.7 Å². The molecule has 5 rings (SSSR count). The summed E-state index contributed by atoms with van der Waals surface area (Å²) in [7, 11) is 0. The van der Waals surface area contributed by atoms with Gasteiger partial charge in [0.15, 0.2) is 0 Å². The summed E-state index contributed by atoms with van der Waals surface area (Å²) in [5.74, 6) is -2.84. The van der Waals surface area contributed by atoms with E-state index in [9.17, 15) is 29.7 Å². The molecule has 0 unspecified atom stereocenters. The molecule has 11 heteroatoms. The van der Waals surface area contributed by atoms with Gasteiger partial charge in [0, 0.05) is 43.9 Å². The highest BCUT2D eigenvalue weighted by molar-refractivity contribution is 7.30. The molecule has 0 amide bonds. The molecule has 5 heterocycles. The monoisotopic (exact) mass is 586 g/mol. The van der Waals surface area contributed by atoms with Crippen molar-refractivity contribution in [2.75, 3.05) is 0 Å². The van der Waals surface area contributed by atoms with Gasteiger partial charge >= 0.3 is 17.9 Å². The number of carboxylic acid groups (broad SMARTS) is 3. The lowest BCUT2D eigenvalue weighted by atomic mass is 10.1. The van der Waals surface area contributed by atoms with E-state index in [2.05, 4.69) is 0 Å². The Hall–Kier alpha value is -3.09. The molecule has 0 aliphatic heterocycles. The maximum Gasteiger partial charge on any atom is 0.345 e. The summed E-state index contributed by atoms with van der Waals surface area (Å²) >= 11 is 7.33. The van der Waals surface area contributed by atoms with Gasteiger partial charge in [0.05, 0.1) is 12.8 Å². The molecule has 0 radical (unpaired) electrons. The number of carbonyl (C=O) groups is 3. The second kappa shape index (κ2) is 10.3. The molecule has 0 spiro atoms. The highest BCUT2D eigenvalue weighted by Crippen LogP contribution is 2.47. The van der Waals surface area contributed by atoms with E-state index in [1.807, 2.05) is 43.3 Å². The average Bonchev–Trinajstić information content (AvgIpc) is 3.62. The van der Waals surface area contributed by atoms with Crippen molar-refractivity contribution in [1.29, 1.82) is 0 Å². The number of aliphatic carboxylic acids is 2. The van der Waals surface area contributed by atoms with Crippen molar-refractivity contribution in [2.24, 2.45) is 0 Å². The number of carboxylic acids is 3. The van der Waals surface area contributed by atoms with E-state index in [0.717, 1.165) is 55.9 Å². The number of aryl methyl sites for hydroxylation is 1. The van der Waals surface area contributed by atoms with Crippen LogP contribution in [0, 0.1) is 6.92 Å².